The van der Waals surface area contributed by atoms with E-state index in [-0.39, 0.29) is 24.8 Å². The number of carbonyl (C=O) groups is 1. The maximum Gasteiger partial charge on any atom is 0.410 e. The van der Waals surface area contributed by atoms with E-state index in [0.29, 0.717) is 0 Å². The molecular formula is C24H29NO2. The third kappa shape index (κ3) is 3.92. The number of nitrogens with zero attached hydrogens (tertiary/aromatic N) is 1. The normalized spacial score (nSPS) is 13.5. The molecule has 0 saturated carbocycles. The van der Waals surface area contributed by atoms with Crippen molar-refractivity contribution in [2.75, 3.05) is 0 Å². The maximum absolute atomic E-state index is 12.9. The SMILES string of the molecule is CCC(C)N(C(=O)OCc1c2ccccc2cc2ccccc12)C(C)CC. The Bertz CT molecular complexity index is 870. The fraction of sp³-hybridized carbons (Fsp3) is 0.375. The highest BCUT2D eigenvalue weighted by Gasteiger charge is 2.25. The summed E-state index contributed by atoms with van der Waals surface area (Å²) in [6, 6.07) is 19.1. The largest absolute Gasteiger partial charge is 0.444 e. The summed E-state index contributed by atoms with van der Waals surface area (Å²) >= 11 is 0. The van der Waals surface area contributed by atoms with E-state index in [1.807, 2.05) is 29.2 Å². The minimum Gasteiger partial charge on any atom is -0.444 e. The van der Waals surface area contributed by atoms with Crippen LogP contribution in [-0.4, -0.2) is 23.1 Å². The van der Waals surface area contributed by atoms with E-state index in [0.717, 1.165) is 29.2 Å². The molecule has 2 atom stereocenters. The lowest BCUT2D eigenvalue weighted by molar-refractivity contribution is 0.0661. The van der Waals surface area contributed by atoms with Crippen molar-refractivity contribution in [3.63, 3.8) is 0 Å². The van der Waals surface area contributed by atoms with Crippen molar-refractivity contribution in [2.24, 2.45) is 0 Å². The highest BCUT2D eigenvalue weighted by atomic mass is 16.6. The van der Waals surface area contributed by atoms with Gasteiger partial charge in [0.15, 0.2) is 0 Å². The molecule has 142 valence electrons. The molecule has 1 amide bonds. The molecule has 3 rings (SSSR count). The van der Waals surface area contributed by atoms with Crippen LogP contribution in [0.15, 0.2) is 54.6 Å². The van der Waals surface area contributed by atoms with Gasteiger partial charge in [0, 0.05) is 17.6 Å². The average Bonchev–Trinajstić information content (AvgIpc) is 2.70. The van der Waals surface area contributed by atoms with Crippen molar-refractivity contribution < 1.29 is 9.53 Å². The number of ether oxygens (including phenoxy) is 1. The summed E-state index contributed by atoms with van der Waals surface area (Å²) in [5, 5.41) is 4.62. The number of rotatable bonds is 6. The van der Waals surface area contributed by atoms with Crippen molar-refractivity contribution in [3.05, 3.63) is 60.2 Å². The van der Waals surface area contributed by atoms with Crippen molar-refractivity contribution in [1.29, 1.82) is 0 Å². The molecule has 0 aliphatic heterocycles. The van der Waals surface area contributed by atoms with E-state index in [2.05, 4.69) is 58.0 Å². The molecule has 2 unspecified atom stereocenters. The lowest BCUT2D eigenvalue weighted by Gasteiger charge is -2.33. The minimum atomic E-state index is -0.226. The summed E-state index contributed by atoms with van der Waals surface area (Å²) in [7, 11) is 0. The highest BCUT2D eigenvalue weighted by Crippen LogP contribution is 2.29. The Labute approximate surface area is 161 Å². The van der Waals surface area contributed by atoms with Crippen LogP contribution >= 0.6 is 0 Å². The average molecular weight is 364 g/mol. The first-order valence-electron chi connectivity index (χ1n) is 9.91. The van der Waals surface area contributed by atoms with Crippen LogP contribution in [0, 0.1) is 0 Å². The van der Waals surface area contributed by atoms with Gasteiger partial charge in [-0.2, -0.15) is 0 Å². The molecule has 0 aliphatic rings. The second kappa shape index (κ2) is 8.43. The zero-order valence-electron chi connectivity index (χ0n) is 16.7. The Hall–Kier alpha value is -2.55. The van der Waals surface area contributed by atoms with Crippen molar-refractivity contribution >= 4 is 27.6 Å². The fourth-order valence-electron chi connectivity index (χ4n) is 3.66. The fourth-order valence-corrected chi connectivity index (χ4v) is 3.66. The summed E-state index contributed by atoms with van der Waals surface area (Å²) in [5.41, 5.74) is 1.07. The molecule has 3 nitrogen and oxygen atoms in total. The summed E-state index contributed by atoms with van der Waals surface area (Å²) < 4.78 is 5.84. The Morgan fingerprint density at radius 2 is 1.37 bits per heavy atom. The van der Waals surface area contributed by atoms with E-state index in [1.165, 1.54) is 10.8 Å². The van der Waals surface area contributed by atoms with Crippen LogP contribution in [0.25, 0.3) is 21.5 Å². The number of benzene rings is 3. The zero-order valence-corrected chi connectivity index (χ0v) is 16.7. The van der Waals surface area contributed by atoms with Gasteiger partial charge in [0.05, 0.1) is 0 Å². The molecule has 3 aromatic rings. The van der Waals surface area contributed by atoms with Crippen molar-refractivity contribution in [3.8, 4) is 0 Å². The number of carbonyl (C=O) groups excluding carboxylic acids is 1. The molecule has 0 heterocycles. The Balaban J connectivity index is 1.94. The third-order valence-corrected chi connectivity index (χ3v) is 5.57. The molecule has 0 fully saturated rings. The Morgan fingerprint density at radius 1 is 0.889 bits per heavy atom. The van der Waals surface area contributed by atoms with Gasteiger partial charge in [-0.3, -0.25) is 0 Å². The minimum absolute atomic E-state index is 0.164. The van der Waals surface area contributed by atoms with E-state index in [1.54, 1.807) is 0 Å². The summed E-state index contributed by atoms with van der Waals surface area (Å²) in [4.78, 5) is 14.8. The summed E-state index contributed by atoms with van der Waals surface area (Å²) in [5.74, 6) is 0. The lowest BCUT2D eigenvalue weighted by Crippen LogP contribution is -2.44. The van der Waals surface area contributed by atoms with Gasteiger partial charge in [-0.05, 0) is 54.3 Å². The molecule has 0 bridgehead atoms. The van der Waals surface area contributed by atoms with Crippen LogP contribution in [-0.2, 0) is 11.3 Å². The second-order valence-electron chi connectivity index (χ2n) is 7.27. The molecule has 0 aromatic heterocycles. The van der Waals surface area contributed by atoms with E-state index >= 15 is 0 Å². The number of hydrogen-bond donors (Lipinski definition) is 0. The quantitative estimate of drug-likeness (QED) is 0.466. The van der Waals surface area contributed by atoms with Crippen LogP contribution in [0.3, 0.4) is 0 Å². The maximum atomic E-state index is 12.9. The standard InChI is InChI=1S/C24H29NO2/c1-5-17(3)25(18(4)6-2)24(26)27-16-23-21-13-9-7-11-19(21)15-20-12-8-10-14-22(20)23/h7-15,17-18H,5-6,16H2,1-4H3. The van der Waals surface area contributed by atoms with Crippen LogP contribution in [0.4, 0.5) is 4.79 Å². The molecule has 0 radical (unpaired) electrons. The Morgan fingerprint density at radius 3 is 1.85 bits per heavy atom. The highest BCUT2D eigenvalue weighted by molar-refractivity contribution is 6.02. The smallest absolute Gasteiger partial charge is 0.410 e. The van der Waals surface area contributed by atoms with Crippen LogP contribution in [0.1, 0.15) is 46.1 Å². The first-order valence-corrected chi connectivity index (χ1v) is 9.91. The molecular weight excluding hydrogens is 334 g/mol. The molecule has 0 spiro atoms. The Kier molecular flexibility index (Phi) is 6.00. The zero-order chi connectivity index (χ0) is 19.4. The van der Waals surface area contributed by atoms with E-state index in [9.17, 15) is 4.79 Å². The first-order chi connectivity index (χ1) is 13.1. The molecule has 3 aromatic carbocycles. The topological polar surface area (TPSA) is 29.5 Å². The van der Waals surface area contributed by atoms with Crippen LogP contribution < -0.4 is 0 Å². The monoisotopic (exact) mass is 363 g/mol. The third-order valence-electron chi connectivity index (χ3n) is 5.57. The summed E-state index contributed by atoms with van der Waals surface area (Å²) in [6.07, 6.45) is 1.60. The predicted molar refractivity (Wildman–Crippen MR) is 113 cm³/mol. The number of hydrogen-bond acceptors (Lipinski definition) is 2. The van der Waals surface area contributed by atoms with Crippen molar-refractivity contribution in [1.82, 2.24) is 4.90 Å². The molecule has 0 N–H and O–H groups in total. The predicted octanol–water partition coefficient (Wildman–Crippen LogP) is 6.53. The molecule has 3 heteroatoms. The number of amides is 1. The van der Waals surface area contributed by atoms with Crippen LogP contribution in [0.2, 0.25) is 0 Å². The van der Waals surface area contributed by atoms with Gasteiger partial charge in [-0.15, -0.1) is 0 Å². The second-order valence-corrected chi connectivity index (χ2v) is 7.27. The van der Waals surface area contributed by atoms with E-state index in [4.69, 9.17) is 4.74 Å². The molecule has 0 aliphatic carbocycles. The molecule has 27 heavy (non-hydrogen) atoms. The lowest BCUT2D eigenvalue weighted by atomic mass is 9.97. The van der Waals surface area contributed by atoms with Gasteiger partial charge in [0.1, 0.15) is 6.61 Å². The molecule has 0 saturated heterocycles. The van der Waals surface area contributed by atoms with Gasteiger partial charge in [0.2, 0.25) is 0 Å². The van der Waals surface area contributed by atoms with Gasteiger partial charge >= 0.3 is 6.09 Å². The van der Waals surface area contributed by atoms with Gasteiger partial charge in [-0.1, -0.05) is 62.4 Å². The van der Waals surface area contributed by atoms with Crippen molar-refractivity contribution in [2.45, 2.75) is 59.2 Å². The van der Waals surface area contributed by atoms with E-state index < -0.39 is 0 Å². The van der Waals surface area contributed by atoms with Gasteiger partial charge in [0.25, 0.3) is 0 Å². The summed E-state index contributed by atoms with van der Waals surface area (Å²) in [6.45, 7) is 8.66. The van der Waals surface area contributed by atoms with Crippen LogP contribution in [0.5, 0.6) is 0 Å². The van der Waals surface area contributed by atoms with Gasteiger partial charge < -0.3 is 9.64 Å². The first kappa shape index (κ1) is 19.2. The van der Waals surface area contributed by atoms with Gasteiger partial charge in [-0.25, -0.2) is 4.79 Å². The number of fused-ring (bicyclic) bond motifs is 2.